The summed E-state index contributed by atoms with van der Waals surface area (Å²) in [5.74, 6) is 0. The van der Waals surface area contributed by atoms with E-state index >= 15 is 0 Å². The van der Waals surface area contributed by atoms with Gasteiger partial charge < -0.3 is 15.7 Å². The second-order valence-corrected chi connectivity index (χ2v) is 1.44. The molecule has 0 aromatic heterocycles. The van der Waals surface area contributed by atoms with Gasteiger partial charge in [0.15, 0.2) is 0 Å². The van der Waals surface area contributed by atoms with Gasteiger partial charge in [0.25, 0.3) is 0 Å². The third-order valence-corrected chi connectivity index (χ3v) is 0.762. The summed E-state index contributed by atoms with van der Waals surface area (Å²) in [6.45, 7) is 3.87. The molecular weight excluding hydrogens is 143 g/mol. The van der Waals surface area contributed by atoms with Gasteiger partial charge in [-0.1, -0.05) is 0 Å². The summed E-state index contributed by atoms with van der Waals surface area (Å²) in [6, 6.07) is 0. The summed E-state index contributed by atoms with van der Waals surface area (Å²) < 4.78 is 9.73. The fraction of sp³-hybridized carbons (Fsp3) is 0.833. The Morgan fingerprint density at radius 1 is 1.40 bits per heavy atom. The molecule has 0 heterocycles. The molecule has 0 aliphatic carbocycles. The normalized spacial score (nSPS) is 8.50. The molecule has 56 valence electrons. The van der Waals surface area contributed by atoms with E-state index in [1.807, 2.05) is 6.92 Å². The van der Waals surface area contributed by atoms with Crippen LogP contribution in [0.1, 0.15) is 8.35 Å². The van der Waals surface area contributed by atoms with Crippen molar-refractivity contribution >= 4 is 6.29 Å². The van der Waals surface area contributed by atoms with Crippen LogP contribution in [-0.4, -0.2) is 32.7 Å². The van der Waals surface area contributed by atoms with Crippen LogP contribution in [0.15, 0.2) is 0 Å². The van der Waals surface area contributed by atoms with Crippen LogP contribution in [0.3, 0.4) is 0 Å². The molecular formula is C6H13NaO3. The first-order chi connectivity index (χ1) is 4.41. The van der Waals surface area contributed by atoms with Crippen molar-refractivity contribution in [3.63, 3.8) is 0 Å². The summed E-state index contributed by atoms with van der Waals surface area (Å²) >= 11 is 0. The fourth-order valence-corrected chi connectivity index (χ4v) is 0.394. The van der Waals surface area contributed by atoms with Gasteiger partial charge in [-0.25, -0.2) is 0 Å². The first-order valence-corrected chi connectivity index (χ1v) is 3.01. The van der Waals surface area contributed by atoms with E-state index < -0.39 is 0 Å². The molecule has 0 aliphatic rings. The van der Waals surface area contributed by atoms with Gasteiger partial charge in [-0.2, -0.15) is 0 Å². The molecule has 0 unspecified atom stereocenters. The molecule has 3 nitrogen and oxygen atoms in total. The zero-order chi connectivity index (χ0) is 6.95. The molecule has 4 heteroatoms. The topological polar surface area (TPSA) is 35.5 Å². The number of hydrogen-bond acceptors (Lipinski definition) is 3. The Bertz CT molecular complexity index is 72.8. The Morgan fingerprint density at radius 3 is 2.50 bits per heavy atom. The van der Waals surface area contributed by atoms with E-state index in [1.165, 1.54) is 0 Å². The van der Waals surface area contributed by atoms with Gasteiger partial charge in [0, 0.05) is 6.61 Å². The number of carbonyl (C=O) groups is 1. The van der Waals surface area contributed by atoms with Gasteiger partial charge in [0.2, 0.25) is 0 Å². The van der Waals surface area contributed by atoms with Gasteiger partial charge in [-0.3, -0.25) is 0 Å². The van der Waals surface area contributed by atoms with E-state index in [9.17, 15) is 4.79 Å². The van der Waals surface area contributed by atoms with Gasteiger partial charge in [-0.15, -0.1) is 0 Å². The van der Waals surface area contributed by atoms with E-state index in [-0.39, 0.29) is 37.6 Å². The molecule has 0 rings (SSSR count). The number of rotatable bonds is 6. The third kappa shape index (κ3) is 11.4. The molecule has 0 bridgehead atoms. The van der Waals surface area contributed by atoms with Crippen LogP contribution in [0, 0.1) is 0 Å². The summed E-state index contributed by atoms with van der Waals surface area (Å²) in [5, 5.41) is 0. The van der Waals surface area contributed by atoms with Crippen LogP contribution in [-0.2, 0) is 14.3 Å². The van der Waals surface area contributed by atoms with E-state index in [0.29, 0.717) is 19.8 Å². The largest absolute Gasteiger partial charge is 1.00 e. The maximum Gasteiger partial charge on any atom is 1.00 e. The predicted octanol–water partition coefficient (Wildman–Crippen LogP) is -2.65. The maximum atomic E-state index is 9.67. The average Bonchev–Trinajstić information content (AvgIpc) is 1.89. The van der Waals surface area contributed by atoms with Crippen molar-refractivity contribution in [2.24, 2.45) is 0 Å². The summed E-state index contributed by atoms with van der Waals surface area (Å²) in [4.78, 5) is 9.67. The van der Waals surface area contributed by atoms with Crippen LogP contribution >= 0.6 is 0 Å². The molecule has 0 aromatic carbocycles. The van der Waals surface area contributed by atoms with Crippen LogP contribution in [0.25, 0.3) is 0 Å². The van der Waals surface area contributed by atoms with Gasteiger partial charge in [-0.05, 0) is 6.92 Å². The Hall–Kier alpha value is 0.590. The van der Waals surface area contributed by atoms with E-state index in [0.717, 1.165) is 6.29 Å². The van der Waals surface area contributed by atoms with Crippen LogP contribution in [0.4, 0.5) is 0 Å². The Morgan fingerprint density at radius 2 is 2.00 bits per heavy atom. The second-order valence-electron chi connectivity index (χ2n) is 1.44. The minimum atomic E-state index is 0. The third-order valence-electron chi connectivity index (χ3n) is 0.762. The number of ether oxygens (including phenoxy) is 2. The number of carbonyl (C=O) groups excluding carboxylic acids is 1. The molecule has 0 aromatic rings. The molecule has 0 saturated carbocycles. The first kappa shape index (κ1) is 13.2. The second kappa shape index (κ2) is 12.3. The zero-order valence-electron chi connectivity index (χ0n) is 7.63. The molecule has 0 radical (unpaired) electrons. The van der Waals surface area contributed by atoms with Crippen molar-refractivity contribution in [1.29, 1.82) is 0 Å². The van der Waals surface area contributed by atoms with E-state index in [2.05, 4.69) is 0 Å². The molecule has 0 saturated heterocycles. The zero-order valence-corrected chi connectivity index (χ0v) is 8.63. The van der Waals surface area contributed by atoms with Gasteiger partial charge in [0.05, 0.1) is 13.2 Å². The van der Waals surface area contributed by atoms with Crippen molar-refractivity contribution in [3.8, 4) is 0 Å². The fourth-order valence-electron chi connectivity index (χ4n) is 0.394. The minimum Gasteiger partial charge on any atom is -1.00 e. The molecule has 0 aliphatic heterocycles. The Kier molecular flexibility index (Phi) is 16.2. The molecule has 10 heavy (non-hydrogen) atoms. The smallest absolute Gasteiger partial charge is 1.00 e. The molecule has 0 fully saturated rings. The molecule has 0 amide bonds. The molecule has 0 atom stereocenters. The number of hydrogen-bond donors (Lipinski definition) is 0. The Balaban J connectivity index is -0.000000320. The molecule has 0 N–H and O–H groups in total. The van der Waals surface area contributed by atoms with Crippen molar-refractivity contribution in [1.82, 2.24) is 0 Å². The first-order valence-electron chi connectivity index (χ1n) is 3.01. The van der Waals surface area contributed by atoms with Crippen LogP contribution in [0.5, 0.6) is 0 Å². The average molecular weight is 156 g/mol. The minimum absolute atomic E-state index is 0. The summed E-state index contributed by atoms with van der Waals surface area (Å²) in [5.41, 5.74) is 0. The van der Waals surface area contributed by atoms with Crippen molar-refractivity contribution in [3.05, 3.63) is 0 Å². The van der Waals surface area contributed by atoms with Gasteiger partial charge in [0.1, 0.15) is 12.9 Å². The van der Waals surface area contributed by atoms with Crippen molar-refractivity contribution in [2.75, 3.05) is 26.4 Å². The van der Waals surface area contributed by atoms with Crippen LogP contribution in [0.2, 0.25) is 0 Å². The monoisotopic (exact) mass is 156 g/mol. The Labute approximate surface area is 84.9 Å². The SMILES string of the molecule is CCOCCOCC=O.[H-].[Na+]. The summed E-state index contributed by atoms with van der Waals surface area (Å²) in [6.07, 6.45) is 0.728. The number of aldehydes is 1. The van der Waals surface area contributed by atoms with E-state index in [1.54, 1.807) is 0 Å². The van der Waals surface area contributed by atoms with Crippen molar-refractivity contribution in [2.45, 2.75) is 6.92 Å². The molecule has 0 spiro atoms. The standard InChI is InChI=1S/C6H12O3.Na.H/c1-2-8-5-6-9-4-3-7;;/h3H,2,4-6H2,1H3;;/q;+1;-1. The van der Waals surface area contributed by atoms with Gasteiger partial charge >= 0.3 is 29.6 Å². The van der Waals surface area contributed by atoms with Crippen molar-refractivity contribution < 1.29 is 45.3 Å². The quantitative estimate of drug-likeness (QED) is 0.239. The van der Waals surface area contributed by atoms with Crippen LogP contribution < -0.4 is 29.6 Å². The van der Waals surface area contributed by atoms with E-state index in [4.69, 9.17) is 9.47 Å². The summed E-state index contributed by atoms with van der Waals surface area (Å²) in [7, 11) is 0. The maximum absolute atomic E-state index is 9.67. The predicted molar refractivity (Wildman–Crippen MR) is 34.5 cm³/mol.